The lowest BCUT2D eigenvalue weighted by molar-refractivity contribution is 0.372. The van der Waals surface area contributed by atoms with Crippen LogP contribution < -0.4 is 10.2 Å². The molecule has 2 aromatic heterocycles. The van der Waals surface area contributed by atoms with E-state index in [9.17, 15) is 0 Å². The number of hydrogen-bond acceptors (Lipinski definition) is 7. The third kappa shape index (κ3) is 5.58. The lowest BCUT2D eigenvalue weighted by Crippen LogP contribution is -2.52. The van der Waals surface area contributed by atoms with Gasteiger partial charge in [-0.2, -0.15) is 4.37 Å². The molecule has 1 aromatic carbocycles. The quantitative estimate of drug-likeness (QED) is 0.216. The second-order valence-corrected chi connectivity index (χ2v) is 8.82. The van der Waals surface area contributed by atoms with E-state index in [0.717, 1.165) is 74.4 Å². The molecule has 3 aromatic rings. The maximum absolute atomic E-state index is 4.72. The van der Waals surface area contributed by atoms with E-state index in [2.05, 4.69) is 54.6 Å². The fourth-order valence-corrected chi connectivity index (χ4v) is 5.24. The highest BCUT2D eigenvalue weighted by Gasteiger charge is 2.21. The van der Waals surface area contributed by atoms with Crippen LogP contribution in [0.2, 0.25) is 0 Å². The highest BCUT2D eigenvalue weighted by molar-refractivity contribution is 14.0. The summed E-state index contributed by atoms with van der Waals surface area (Å²) in [6, 6.07) is 8.34. The van der Waals surface area contributed by atoms with E-state index in [-0.39, 0.29) is 24.0 Å². The molecular weight excluding hydrogens is 529 g/mol. The maximum Gasteiger partial charge on any atom is 0.205 e. The van der Waals surface area contributed by atoms with Crippen LogP contribution in [0.1, 0.15) is 24.2 Å². The summed E-state index contributed by atoms with van der Waals surface area (Å²) < 4.78 is 5.67. The van der Waals surface area contributed by atoms with E-state index >= 15 is 0 Å². The van der Waals surface area contributed by atoms with Crippen LogP contribution in [-0.2, 0) is 12.8 Å². The third-order valence-corrected chi connectivity index (χ3v) is 6.93. The molecule has 0 amide bonds. The average molecular weight is 558 g/mol. The Balaban J connectivity index is 0.00000256. The fraction of sp³-hybridized carbons (Fsp3) is 0.500. The van der Waals surface area contributed by atoms with Gasteiger partial charge in [-0.25, -0.2) is 9.97 Å². The van der Waals surface area contributed by atoms with Gasteiger partial charge in [-0.1, -0.05) is 19.1 Å². The summed E-state index contributed by atoms with van der Waals surface area (Å²) in [6.07, 6.45) is 2.93. The first-order valence-electron chi connectivity index (χ1n) is 10.1. The van der Waals surface area contributed by atoms with Gasteiger partial charge in [0, 0.05) is 64.1 Å². The Bertz CT molecular complexity index is 930. The Hall–Kier alpha value is -1.53. The molecule has 0 unspecified atom stereocenters. The van der Waals surface area contributed by atoms with Crippen LogP contribution in [0.4, 0.5) is 5.13 Å². The Morgan fingerprint density at radius 3 is 2.67 bits per heavy atom. The second kappa shape index (κ2) is 11.2. The summed E-state index contributed by atoms with van der Waals surface area (Å²) >= 11 is 3.30. The number of aromatic nitrogens is 3. The van der Waals surface area contributed by atoms with E-state index in [1.165, 1.54) is 21.2 Å². The van der Waals surface area contributed by atoms with Gasteiger partial charge >= 0.3 is 0 Å². The Morgan fingerprint density at radius 1 is 1.17 bits per heavy atom. The summed E-state index contributed by atoms with van der Waals surface area (Å²) in [6.45, 7) is 6.78. The number of aliphatic imine (C=N–C) groups is 1. The highest BCUT2D eigenvalue weighted by atomic mass is 127. The van der Waals surface area contributed by atoms with Crippen LogP contribution >= 0.6 is 46.8 Å². The van der Waals surface area contributed by atoms with E-state index in [0.29, 0.717) is 0 Å². The summed E-state index contributed by atoms with van der Waals surface area (Å²) in [5.41, 5.74) is 1.11. The van der Waals surface area contributed by atoms with Gasteiger partial charge in [-0.15, -0.1) is 35.3 Å². The van der Waals surface area contributed by atoms with Crippen LogP contribution in [0, 0.1) is 0 Å². The lowest BCUT2D eigenvalue weighted by atomic mass is 10.3. The van der Waals surface area contributed by atoms with Crippen LogP contribution in [0.15, 0.2) is 29.3 Å². The van der Waals surface area contributed by atoms with E-state index in [1.807, 2.05) is 13.1 Å². The number of anilines is 1. The topological polar surface area (TPSA) is 69.5 Å². The molecule has 3 heterocycles. The number of thiazole rings is 1. The number of hydrogen-bond donors (Lipinski definition) is 1. The first-order chi connectivity index (χ1) is 14.3. The lowest BCUT2D eigenvalue weighted by Gasteiger charge is -2.36. The van der Waals surface area contributed by atoms with Crippen LogP contribution in [0.3, 0.4) is 0 Å². The smallest absolute Gasteiger partial charge is 0.205 e. The monoisotopic (exact) mass is 557 g/mol. The molecule has 0 aliphatic carbocycles. The Morgan fingerprint density at radius 2 is 1.97 bits per heavy atom. The molecule has 1 fully saturated rings. The minimum absolute atomic E-state index is 0. The van der Waals surface area contributed by atoms with Crippen molar-refractivity contribution in [2.75, 3.05) is 44.7 Å². The molecule has 7 nitrogen and oxygen atoms in total. The highest BCUT2D eigenvalue weighted by Crippen LogP contribution is 2.22. The summed E-state index contributed by atoms with van der Waals surface area (Å²) in [5.74, 6) is 1.93. The first kappa shape index (κ1) is 23.1. The van der Waals surface area contributed by atoms with E-state index in [4.69, 9.17) is 4.98 Å². The number of aryl methyl sites for hydroxylation is 2. The standard InChI is InChI=1S/C20H27N7S2.HI/c1-3-17-24-20(29-25-17)27-13-11-26(12-14-27)19(21-2)22-10-6-9-18-23-15-7-4-5-8-16(15)28-18;/h4-5,7-8H,3,6,9-14H2,1-2H3,(H,21,22);1H. The number of nitrogens with zero attached hydrogens (tertiary/aromatic N) is 6. The van der Waals surface area contributed by atoms with Gasteiger partial charge < -0.3 is 15.1 Å². The van der Waals surface area contributed by atoms with E-state index in [1.54, 1.807) is 11.3 Å². The first-order valence-corrected chi connectivity index (χ1v) is 11.7. The zero-order valence-corrected chi connectivity index (χ0v) is 21.3. The molecule has 0 atom stereocenters. The van der Waals surface area contributed by atoms with Gasteiger partial charge in [0.05, 0.1) is 15.2 Å². The number of guanidine groups is 1. The molecular formula is C20H28IN7S2. The predicted octanol–water partition coefficient (Wildman–Crippen LogP) is 3.66. The molecule has 0 radical (unpaired) electrons. The number of halogens is 1. The molecule has 0 spiro atoms. The van der Waals surface area contributed by atoms with Gasteiger partial charge in [-0.3, -0.25) is 4.99 Å². The van der Waals surface area contributed by atoms with E-state index < -0.39 is 0 Å². The number of para-hydroxylation sites is 1. The van der Waals surface area contributed by atoms with Crippen LogP contribution in [0.5, 0.6) is 0 Å². The average Bonchev–Trinajstić information content (AvgIpc) is 3.41. The van der Waals surface area contributed by atoms with Crippen LogP contribution in [0.25, 0.3) is 10.2 Å². The fourth-order valence-electron chi connectivity index (χ4n) is 3.43. The van der Waals surface area contributed by atoms with Crippen molar-refractivity contribution in [3.63, 3.8) is 0 Å². The molecule has 0 saturated carbocycles. The van der Waals surface area contributed by atoms with Crippen molar-refractivity contribution in [1.82, 2.24) is 24.6 Å². The summed E-state index contributed by atoms with van der Waals surface area (Å²) in [4.78, 5) is 18.5. The maximum atomic E-state index is 4.72. The van der Waals surface area contributed by atoms with Gasteiger partial charge in [0.1, 0.15) is 5.82 Å². The molecule has 30 heavy (non-hydrogen) atoms. The van der Waals surface area contributed by atoms with Crippen molar-refractivity contribution in [1.29, 1.82) is 0 Å². The zero-order valence-electron chi connectivity index (χ0n) is 17.4. The normalized spacial score (nSPS) is 14.8. The number of nitrogens with one attached hydrogen (secondary N) is 1. The molecule has 10 heteroatoms. The molecule has 1 aliphatic heterocycles. The molecule has 0 bridgehead atoms. The molecule has 4 rings (SSSR count). The van der Waals surface area contributed by atoms with Crippen molar-refractivity contribution < 1.29 is 0 Å². The Labute approximate surface area is 202 Å². The molecule has 162 valence electrons. The largest absolute Gasteiger partial charge is 0.356 e. The van der Waals surface area contributed by atoms with Gasteiger partial charge in [0.25, 0.3) is 0 Å². The zero-order chi connectivity index (χ0) is 20.1. The number of fused-ring (bicyclic) bond motifs is 1. The number of piperazine rings is 1. The van der Waals surface area contributed by atoms with Gasteiger partial charge in [0.15, 0.2) is 5.96 Å². The van der Waals surface area contributed by atoms with Crippen molar-refractivity contribution in [2.24, 2.45) is 4.99 Å². The van der Waals surface area contributed by atoms with Crippen molar-refractivity contribution in [3.05, 3.63) is 35.1 Å². The van der Waals surface area contributed by atoms with Crippen molar-refractivity contribution >= 4 is 68.2 Å². The molecule has 1 saturated heterocycles. The third-order valence-electron chi connectivity index (χ3n) is 5.02. The molecule has 1 N–H and O–H groups in total. The summed E-state index contributed by atoms with van der Waals surface area (Å²) in [7, 11) is 1.86. The summed E-state index contributed by atoms with van der Waals surface area (Å²) in [5, 5.41) is 5.77. The minimum atomic E-state index is 0. The van der Waals surface area contributed by atoms with Crippen molar-refractivity contribution in [3.8, 4) is 0 Å². The Kier molecular flexibility index (Phi) is 8.63. The van der Waals surface area contributed by atoms with Crippen LogP contribution in [-0.4, -0.2) is 65.0 Å². The predicted molar refractivity (Wildman–Crippen MR) is 138 cm³/mol. The van der Waals surface area contributed by atoms with Gasteiger partial charge in [-0.05, 0) is 18.6 Å². The minimum Gasteiger partial charge on any atom is -0.356 e. The van der Waals surface area contributed by atoms with Gasteiger partial charge in [0.2, 0.25) is 5.13 Å². The van der Waals surface area contributed by atoms with Crippen molar-refractivity contribution in [2.45, 2.75) is 26.2 Å². The number of benzene rings is 1. The SMILES string of the molecule is CCc1nsc(N2CCN(C(=NC)NCCCc3nc4ccccc4s3)CC2)n1.I. The molecule has 1 aliphatic rings. The number of rotatable bonds is 6. The second-order valence-electron chi connectivity index (χ2n) is 6.97.